The number of hydrogen-bond acceptors (Lipinski definition) is 2. The molecule has 3 heteroatoms. The Morgan fingerprint density at radius 1 is 1.30 bits per heavy atom. The zero-order chi connectivity index (χ0) is 15.3. The minimum Gasteiger partial charge on any atom is -0.478 e. The van der Waals surface area contributed by atoms with Gasteiger partial charge in [-0.2, -0.15) is 0 Å². The van der Waals surface area contributed by atoms with Crippen molar-refractivity contribution in [1.82, 2.24) is 0 Å². The first kappa shape index (κ1) is 16.5. The molecule has 0 aliphatic rings. The van der Waals surface area contributed by atoms with Crippen molar-refractivity contribution in [2.24, 2.45) is 0 Å². The molecule has 3 nitrogen and oxygen atoms in total. The Balaban J connectivity index is 3.25. The van der Waals surface area contributed by atoms with Gasteiger partial charge in [0.05, 0.1) is 5.56 Å². The molecule has 0 heterocycles. The highest BCUT2D eigenvalue weighted by molar-refractivity contribution is 5.91. The summed E-state index contributed by atoms with van der Waals surface area (Å²) < 4.78 is 0. The second-order valence-electron chi connectivity index (χ2n) is 5.60. The molecule has 0 aromatic heterocycles. The maximum absolute atomic E-state index is 11.5. The molecule has 0 saturated carbocycles. The van der Waals surface area contributed by atoms with Crippen LogP contribution in [-0.2, 0) is 0 Å². The van der Waals surface area contributed by atoms with Gasteiger partial charge in [-0.25, -0.2) is 4.79 Å². The molecule has 3 N–H and O–H groups in total. The third-order valence-electron chi connectivity index (χ3n) is 4.17. The van der Waals surface area contributed by atoms with Gasteiger partial charge in [-0.15, -0.1) is 0 Å². The summed E-state index contributed by atoms with van der Waals surface area (Å²) >= 11 is 0. The van der Waals surface area contributed by atoms with Crippen molar-refractivity contribution < 1.29 is 9.90 Å². The van der Waals surface area contributed by atoms with Gasteiger partial charge in [0.15, 0.2) is 0 Å². The van der Waals surface area contributed by atoms with Gasteiger partial charge >= 0.3 is 5.97 Å². The van der Waals surface area contributed by atoms with Crippen LogP contribution in [-0.4, -0.2) is 11.1 Å². The third-order valence-corrected chi connectivity index (χ3v) is 4.17. The molecule has 1 rings (SSSR count). The lowest BCUT2D eigenvalue weighted by Crippen LogP contribution is -2.12. The highest BCUT2D eigenvalue weighted by Gasteiger charge is 2.22. The smallest absolute Gasteiger partial charge is 0.335 e. The molecule has 112 valence electrons. The number of hydrogen-bond donors (Lipinski definition) is 2. The second kappa shape index (κ2) is 7.32. The molecule has 1 atom stereocenters. The van der Waals surface area contributed by atoms with E-state index in [0.717, 1.165) is 41.6 Å². The monoisotopic (exact) mass is 277 g/mol. The number of carboxylic acid groups (broad SMARTS) is 1. The van der Waals surface area contributed by atoms with E-state index in [1.165, 1.54) is 12.8 Å². The van der Waals surface area contributed by atoms with Crippen LogP contribution in [0.15, 0.2) is 6.07 Å². The number of nitrogens with two attached hydrogens (primary N) is 1. The molecule has 0 bridgehead atoms. The highest BCUT2D eigenvalue weighted by atomic mass is 16.4. The Bertz CT molecular complexity index is 480. The van der Waals surface area contributed by atoms with Crippen molar-refractivity contribution in [2.45, 2.75) is 65.7 Å². The van der Waals surface area contributed by atoms with Gasteiger partial charge in [-0.3, -0.25) is 0 Å². The molecule has 20 heavy (non-hydrogen) atoms. The van der Waals surface area contributed by atoms with E-state index < -0.39 is 5.97 Å². The van der Waals surface area contributed by atoms with Crippen LogP contribution in [0.4, 0.5) is 5.69 Å². The molecular weight excluding hydrogens is 250 g/mol. The van der Waals surface area contributed by atoms with Crippen molar-refractivity contribution in [3.63, 3.8) is 0 Å². The van der Waals surface area contributed by atoms with Crippen LogP contribution in [0.25, 0.3) is 0 Å². The number of unbranched alkanes of at least 4 members (excludes halogenated alkanes) is 2. The van der Waals surface area contributed by atoms with Crippen LogP contribution in [0.2, 0.25) is 0 Å². The van der Waals surface area contributed by atoms with Gasteiger partial charge in [-0.1, -0.05) is 33.1 Å². The Hall–Kier alpha value is -1.51. The van der Waals surface area contributed by atoms with E-state index in [9.17, 15) is 9.90 Å². The largest absolute Gasteiger partial charge is 0.478 e. The summed E-state index contributed by atoms with van der Waals surface area (Å²) in [6.07, 6.45) is 5.50. The number of aryl methyl sites for hydroxylation is 1. The number of benzene rings is 1. The zero-order valence-electron chi connectivity index (χ0n) is 13.1. The first-order chi connectivity index (χ1) is 9.43. The molecule has 0 aliphatic heterocycles. The van der Waals surface area contributed by atoms with Crippen molar-refractivity contribution in [3.8, 4) is 0 Å². The number of nitrogen functional groups attached to an aromatic ring is 1. The Kier molecular flexibility index (Phi) is 6.05. The normalized spacial score (nSPS) is 12.4. The topological polar surface area (TPSA) is 63.3 Å². The molecule has 0 fully saturated rings. The Morgan fingerprint density at radius 3 is 2.45 bits per heavy atom. The van der Waals surface area contributed by atoms with Gasteiger partial charge in [0.2, 0.25) is 0 Å². The van der Waals surface area contributed by atoms with E-state index in [4.69, 9.17) is 5.73 Å². The lowest BCUT2D eigenvalue weighted by atomic mass is 9.83. The third kappa shape index (κ3) is 3.53. The number of carboxylic acids is 1. The van der Waals surface area contributed by atoms with Crippen LogP contribution in [0.1, 0.15) is 78.9 Å². The van der Waals surface area contributed by atoms with E-state index in [2.05, 4.69) is 13.8 Å². The van der Waals surface area contributed by atoms with Crippen LogP contribution in [0, 0.1) is 13.8 Å². The maximum atomic E-state index is 11.5. The molecule has 1 aromatic rings. The summed E-state index contributed by atoms with van der Waals surface area (Å²) in [7, 11) is 0. The van der Waals surface area contributed by atoms with Crippen LogP contribution < -0.4 is 5.73 Å². The van der Waals surface area contributed by atoms with Gasteiger partial charge in [0.25, 0.3) is 0 Å². The molecule has 1 aromatic carbocycles. The number of rotatable bonds is 7. The molecule has 1 unspecified atom stereocenters. The van der Waals surface area contributed by atoms with Crippen molar-refractivity contribution >= 4 is 11.7 Å². The van der Waals surface area contributed by atoms with Crippen LogP contribution in [0.3, 0.4) is 0 Å². The lowest BCUT2D eigenvalue weighted by molar-refractivity contribution is 0.0694. The number of carbonyl (C=O) groups is 1. The Labute approximate surface area is 122 Å². The van der Waals surface area contributed by atoms with Crippen LogP contribution in [0.5, 0.6) is 0 Å². The van der Waals surface area contributed by atoms with E-state index in [-0.39, 0.29) is 5.92 Å². The molecule has 0 spiro atoms. The van der Waals surface area contributed by atoms with E-state index in [0.29, 0.717) is 5.56 Å². The maximum Gasteiger partial charge on any atom is 0.335 e. The quantitative estimate of drug-likeness (QED) is 0.563. The number of anilines is 1. The van der Waals surface area contributed by atoms with Gasteiger partial charge in [-0.05, 0) is 55.4 Å². The van der Waals surface area contributed by atoms with Gasteiger partial charge in [0.1, 0.15) is 0 Å². The minimum absolute atomic E-state index is 0.288. The minimum atomic E-state index is -0.847. The van der Waals surface area contributed by atoms with Crippen molar-refractivity contribution in [3.05, 3.63) is 28.3 Å². The zero-order valence-corrected chi connectivity index (χ0v) is 13.1. The highest BCUT2D eigenvalue weighted by Crippen LogP contribution is 2.35. The fraction of sp³-hybridized carbons (Fsp3) is 0.588. The second-order valence-corrected chi connectivity index (χ2v) is 5.60. The summed E-state index contributed by atoms with van der Waals surface area (Å²) in [4.78, 5) is 11.5. The summed E-state index contributed by atoms with van der Waals surface area (Å²) in [5.41, 5.74) is 10.0. The van der Waals surface area contributed by atoms with Gasteiger partial charge in [0, 0.05) is 5.69 Å². The van der Waals surface area contributed by atoms with Crippen LogP contribution >= 0.6 is 0 Å². The molecule has 0 aliphatic carbocycles. The molecular formula is C17H27NO2. The predicted molar refractivity (Wildman–Crippen MR) is 84.5 cm³/mol. The van der Waals surface area contributed by atoms with Crippen molar-refractivity contribution in [1.29, 1.82) is 0 Å². The molecule has 0 saturated heterocycles. The average Bonchev–Trinajstić information content (AvgIpc) is 2.41. The summed E-state index contributed by atoms with van der Waals surface area (Å²) in [5.74, 6) is -0.560. The van der Waals surface area contributed by atoms with E-state index in [1.807, 2.05) is 13.8 Å². The predicted octanol–water partition coefficient (Wildman–Crippen LogP) is 4.66. The summed E-state index contributed by atoms with van der Waals surface area (Å²) in [5, 5.41) is 9.48. The summed E-state index contributed by atoms with van der Waals surface area (Å²) in [6, 6.07) is 1.72. The molecule has 0 radical (unpaired) electrons. The summed E-state index contributed by atoms with van der Waals surface area (Å²) in [6.45, 7) is 8.12. The first-order valence-corrected chi connectivity index (χ1v) is 7.56. The fourth-order valence-corrected chi connectivity index (χ4v) is 2.91. The Morgan fingerprint density at radius 2 is 1.95 bits per heavy atom. The molecule has 0 amide bonds. The van der Waals surface area contributed by atoms with Gasteiger partial charge < -0.3 is 10.8 Å². The fourth-order valence-electron chi connectivity index (χ4n) is 2.91. The SMILES string of the molecule is CCCCCC(CC)c1c(C(=O)O)cc(C)c(N)c1C. The number of aromatic carboxylic acids is 1. The standard InChI is InChI=1S/C17H27NO2/c1-5-7-8-9-13(6-2)15-12(4)16(18)11(3)10-14(15)17(19)20/h10,13H,5-9,18H2,1-4H3,(H,19,20). The first-order valence-electron chi connectivity index (χ1n) is 7.56. The van der Waals surface area contributed by atoms with E-state index >= 15 is 0 Å². The lowest BCUT2D eigenvalue weighted by Gasteiger charge is -2.22. The van der Waals surface area contributed by atoms with E-state index in [1.54, 1.807) is 6.07 Å². The van der Waals surface area contributed by atoms with Crippen molar-refractivity contribution in [2.75, 3.05) is 5.73 Å². The average molecular weight is 277 g/mol.